The van der Waals surface area contributed by atoms with Gasteiger partial charge in [0.05, 0.1) is 5.60 Å². The van der Waals surface area contributed by atoms with E-state index in [1.165, 1.54) is 11.7 Å². The number of hydrogen-bond acceptors (Lipinski definition) is 2. The van der Waals surface area contributed by atoms with Gasteiger partial charge in [0.1, 0.15) is 0 Å². The molecule has 0 bridgehead atoms. The lowest BCUT2D eigenvalue weighted by Crippen LogP contribution is -2.25. The summed E-state index contributed by atoms with van der Waals surface area (Å²) in [6, 6.07) is 0. The molecule has 54 valence electrons. The molecular formula is C6H12ClNO. The van der Waals surface area contributed by atoms with E-state index in [9.17, 15) is 0 Å². The van der Waals surface area contributed by atoms with Crippen LogP contribution in [0.1, 0.15) is 20.8 Å². The van der Waals surface area contributed by atoms with E-state index in [4.69, 9.17) is 16.4 Å². The predicted molar refractivity (Wildman–Crippen MR) is 39.0 cm³/mol. The molecule has 0 aliphatic heterocycles. The van der Waals surface area contributed by atoms with Crippen molar-refractivity contribution < 1.29 is 4.84 Å². The number of nitrogens with one attached hydrogen (secondary N) is 1. The fraction of sp³-hybridized carbons (Fsp3) is 0.667. The summed E-state index contributed by atoms with van der Waals surface area (Å²) < 4.78 is 0. The Morgan fingerprint density at radius 2 is 2.00 bits per heavy atom. The van der Waals surface area contributed by atoms with Gasteiger partial charge in [0.2, 0.25) is 0 Å². The van der Waals surface area contributed by atoms with Crippen molar-refractivity contribution in [1.82, 2.24) is 5.48 Å². The molecule has 0 saturated carbocycles. The third kappa shape index (κ3) is 7.79. The maximum atomic E-state index is 5.21. The summed E-state index contributed by atoms with van der Waals surface area (Å²) in [6.45, 7) is 5.84. The van der Waals surface area contributed by atoms with Crippen molar-refractivity contribution in [3.8, 4) is 0 Å². The Morgan fingerprint density at radius 3 is 2.33 bits per heavy atom. The highest BCUT2D eigenvalue weighted by molar-refractivity contribution is 6.25. The average Bonchev–Trinajstić information content (AvgIpc) is 1.63. The highest BCUT2D eigenvalue weighted by Crippen LogP contribution is 2.02. The van der Waals surface area contributed by atoms with Crippen LogP contribution in [0.2, 0.25) is 0 Å². The molecule has 1 N–H and O–H groups in total. The third-order valence-corrected chi connectivity index (χ3v) is 0.622. The smallest absolute Gasteiger partial charge is 0.0876 e. The lowest BCUT2D eigenvalue weighted by atomic mass is 10.2. The van der Waals surface area contributed by atoms with Gasteiger partial charge in [-0.3, -0.25) is 10.3 Å². The van der Waals surface area contributed by atoms with E-state index < -0.39 is 0 Å². The molecule has 9 heavy (non-hydrogen) atoms. The van der Waals surface area contributed by atoms with Gasteiger partial charge in [0.25, 0.3) is 0 Å². The molecule has 0 spiro atoms. The first-order valence-corrected chi connectivity index (χ1v) is 3.18. The second kappa shape index (κ2) is 3.75. The third-order valence-electron chi connectivity index (χ3n) is 0.496. The van der Waals surface area contributed by atoms with E-state index in [2.05, 4.69) is 5.48 Å². The summed E-state index contributed by atoms with van der Waals surface area (Å²) in [6.07, 6.45) is 1.52. The van der Waals surface area contributed by atoms with Gasteiger partial charge in [-0.1, -0.05) is 11.6 Å². The highest BCUT2D eigenvalue weighted by atomic mass is 35.5. The average molecular weight is 150 g/mol. The number of hydroxylamine groups is 1. The van der Waals surface area contributed by atoms with Gasteiger partial charge in [-0.05, 0) is 20.8 Å². The Morgan fingerprint density at radius 1 is 1.44 bits per heavy atom. The van der Waals surface area contributed by atoms with Gasteiger partial charge in [-0.2, -0.15) is 0 Å². The highest BCUT2D eigenvalue weighted by Gasteiger charge is 2.08. The van der Waals surface area contributed by atoms with Crippen molar-refractivity contribution in [1.29, 1.82) is 0 Å². The fourth-order valence-electron chi connectivity index (χ4n) is 0.237. The monoisotopic (exact) mass is 149 g/mol. The second-order valence-corrected chi connectivity index (χ2v) is 2.88. The van der Waals surface area contributed by atoms with E-state index in [1.54, 1.807) is 0 Å². The summed E-state index contributed by atoms with van der Waals surface area (Å²) in [7, 11) is 0. The Labute approximate surface area is 60.8 Å². The molecule has 0 aromatic heterocycles. The van der Waals surface area contributed by atoms with Crippen molar-refractivity contribution in [3.63, 3.8) is 0 Å². The normalized spacial score (nSPS) is 12.4. The Bertz CT molecular complexity index is 95.7. The molecule has 0 radical (unpaired) electrons. The molecule has 0 aliphatic carbocycles. The van der Waals surface area contributed by atoms with Crippen LogP contribution >= 0.6 is 11.6 Å². The van der Waals surface area contributed by atoms with Crippen LogP contribution in [0.3, 0.4) is 0 Å². The largest absolute Gasteiger partial charge is 0.273 e. The number of halogens is 1. The molecule has 0 aromatic carbocycles. The zero-order chi connectivity index (χ0) is 7.33. The molecule has 0 aliphatic rings. The SMILES string of the molecule is CC(C)(C)ONC=CCl. The van der Waals surface area contributed by atoms with Crippen molar-refractivity contribution >= 4 is 11.6 Å². The molecule has 0 unspecified atom stereocenters. The Kier molecular flexibility index (Phi) is 3.66. The van der Waals surface area contributed by atoms with Gasteiger partial charge in [-0.15, -0.1) is 0 Å². The summed E-state index contributed by atoms with van der Waals surface area (Å²) in [5.74, 6) is 0. The van der Waals surface area contributed by atoms with Crippen LogP contribution in [0.5, 0.6) is 0 Å². The van der Waals surface area contributed by atoms with Crippen LogP contribution < -0.4 is 5.48 Å². The summed E-state index contributed by atoms with van der Waals surface area (Å²) in [5.41, 5.74) is 3.75. The van der Waals surface area contributed by atoms with Gasteiger partial charge >= 0.3 is 0 Å². The minimum atomic E-state index is -0.170. The molecule has 3 heteroatoms. The minimum absolute atomic E-state index is 0.170. The van der Waals surface area contributed by atoms with E-state index in [-0.39, 0.29) is 5.60 Å². The maximum absolute atomic E-state index is 5.21. The second-order valence-electron chi connectivity index (χ2n) is 2.62. The van der Waals surface area contributed by atoms with Crippen LogP contribution in [0.15, 0.2) is 11.7 Å². The van der Waals surface area contributed by atoms with Crippen molar-refractivity contribution in [3.05, 3.63) is 11.7 Å². The van der Waals surface area contributed by atoms with Crippen LogP contribution in [0, 0.1) is 0 Å². The molecule has 0 heterocycles. The lowest BCUT2D eigenvalue weighted by Gasteiger charge is -2.17. The van der Waals surface area contributed by atoms with Crippen LogP contribution in [-0.2, 0) is 4.84 Å². The Balaban J connectivity index is 3.28. The summed E-state index contributed by atoms with van der Waals surface area (Å²) in [4.78, 5) is 5.05. The first-order chi connectivity index (χ1) is 4.06. The van der Waals surface area contributed by atoms with Crippen molar-refractivity contribution in [2.75, 3.05) is 0 Å². The van der Waals surface area contributed by atoms with E-state index in [0.717, 1.165) is 0 Å². The first-order valence-electron chi connectivity index (χ1n) is 2.75. The lowest BCUT2D eigenvalue weighted by molar-refractivity contribution is -0.0520. The standard InChI is InChI=1S/C6H12ClNO/c1-6(2,3)9-8-5-4-7/h4-5,8H,1-3H3. The zero-order valence-corrected chi connectivity index (χ0v) is 6.70. The van der Waals surface area contributed by atoms with Crippen molar-refractivity contribution in [2.24, 2.45) is 0 Å². The van der Waals surface area contributed by atoms with E-state index in [1.807, 2.05) is 20.8 Å². The first kappa shape index (κ1) is 8.79. The quantitative estimate of drug-likeness (QED) is 0.607. The number of hydrogen-bond donors (Lipinski definition) is 1. The summed E-state index contributed by atoms with van der Waals surface area (Å²) in [5, 5.41) is 0. The number of rotatable bonds is 2. The fourth-order valence-corrected chi connectivity index (χ4v) is 0.288. The molecular weight excluding hydrogens is 138 g/mol. The van der Waals surface area contributed by atoms with Gasteiger partial charge in [0.15, 0.2) is 0 Å². The molecule has 0 aromatic rings. The van der Waals surface area contributed by atoms with E-state index >= 15 is 0 Å². The topological polar surface area (TPSA) is 21.3 Å². The molecule has 0 fully saturated rings. The van der Waals surface area contributed by atoms with Crippen molar-refractivity contribution in [2.45, 2.75) is 26.4 Å². The molecule has 0 atom stereocenters. The van der Waals surface area contributed by atoms with E-state index in [0.29, 0.717) is 0 Å². The van der Waals surface area contributed by atoms with Gasteiger partial charge in [0, 0.05) is 11.7 Å². The van der Waals surface area contributed by atoms with Gasteiger partial charge in [-0.25, -0.2) is 0 Å². The zero-order valence-electron chi connectivity index (χ0n) is 5.94. The summed E-state index contributed by atoms with van der Waals surface area (Å²) >= 11 is 5.21. The molecule has 0 rings (SSSR count). The maximum Gasteiger partial charge on any atom is 0.0876 e. The van der Waals surface area contributed by atoms with Crippen LogP contribution in [0.4, 0.5) is 0 Å². The molecule has 0 saturated heterocycles. The van der Waals surface area contributed by atoms with Crippen LogP contribution in [0.25, 0.3) is 0 Å². The predicted octanol–water partition coefficient (Wildman–Crippen LogP) is 2.02. The van der Waals surface area contributed by atoms with Gasteiger partial charge < -0.3 is 0 Å². The molecule has 2 nitrogen and oxygen atoms in total. The minimum Gasteiger partial charge on any atom is -0.273 e. The Hall–Kier alpha value is -0.210. The molecule has 0 amide bonds. The van der Waals surface area contributed by atoms with Crippen LogP contribution in [-0.4, -0.2) is 5.60 Å².